The first kappa shape index (κ1) is 8.66. The molecule has 0 aromatic carbocycles. The summed E-state index contributed by atoms with van der Waals surface area (Å²) in [5.41, 5.74) is 0.179. The highest BCUT2D eigenvalue weighted by Crippen LogP contribution is 2.42. The van der Waals surface area contributed by atoms with Gasteiger partial charge >= 0.3 is 0 Å². The van der Waals surface area contributed by atoms with E-state index in [-0.39, 0.29) is 10.3 Å². The second-order valence-electron chi connectivity index (χ2n) is 4.62. The zero-order valence-electron chi connectivity index (χ0n) is 7.79. The molecule has 2 atom stereocenters. The van der Waals surface area contributed by atoms with E-state index >= 15 is 0 Å². The van der Waals surface area contributed by atoms with E-state index in [2.05, 4.69) is 4.31 Å². The standard InChI is InChI=1S/C8H15NO2S/c1-7(2,3)12(10)9-4-8(9)5-11-6-8/h4-6H2,1-3H3/t9?,12-/m0/s1. The predicted molar refractivity (Wildman–Crippen MR) is 48.2 cm³/mol. The average Bonchev–Trinajstić information content (AvgIpc) is 2.55. The van der Waals surface area contributed by atoms with Crippen LogP contribution in [0.2, 0.25) is 0 Å². The van der Waals surface area contributed by atoms with Crippen molar-refractivity contribution in [1.82, 2.24) is 4.31 Å². The Morgan fingerprint density at radius 2 is 2.00 bits per heavy atom. The summed E-state index contributed by atoms with van der Waals surface area (Å²) in [7, 11) is -0.843. The first-order valence-electron chi connectivity index (χ1n) is 4.23. The topological polar surface area (TPSA) is 29.3 Å². The van der Waals surface area contributed by atoms with Gasteiger partial charge in [-0.05, 0) is 20.8 Å². The quantitative estimate of drug-likeness (QED) is 0.563. The van der Waals surface area contributed by atoms with E-state index in [0.29, 0.717) is 0 Å². The highest BCUT2D eigenvalue weighted by Gasteiger charge is 2.62. The van der Waals surface area contributed by atoms with Crippen LogP contribution in [0.3, 0.4) is 0 Å². The molecule has 0 saturated carbocycles. The van der Waals surface area contributed by atoms with Gasteiger partial charge in [-0.15, -0.1) is 0 Å². The highest BCUT2D eigenvalue weighted by atomic mass is 32.2. The van der Waals surface area contributed by atoms with Crippen LogP contribution in [0, 0.1) is 0 Å². The van der Waals surface area contributed by atoms with Gasteiger partial charge in [0.15, 0.2) is 0 Å². The fourth-order valence-corrected chi connectivity index (χ4v) is 2.85. The van der Waals surface area contributed by atoms with E-state index in [1.54, 1.807) is 0 Å². The van der Waals surface area contributed by atoms with Crippen LogP contribution in [0.15, 0.2) is 0 Å². The van der Waals surface area contributed by atoms with Crippen molar-refractivity contribution in [3.63, 3.8) is 0 Å². The molecule has 1 spiro atoms. The molecule has 0 aromatic rings. The van der Waals surface area contributed by atoms with Crippen molar-refractivity contribution >= 4 is 11.0 Å². The molecule has 0 aromatic heterocycles. The van der Waals surface area contributed by atoms with Crippen LogP contribution in [-0.2, 0) is 15.7 Å². The Hall–Kier alpha value is 0.0700. The lowest BCUT2D eigenvalue weighted by Gasteiger charge is -2.29. The summed E-state index contributed by atoms with van der Waals surface area (Å²) in [5, 5.41) is 0. The molecule has 3 nitrogen and oxygen atoms in total. The molecule has 0 amide bonds. The summed E-state index contributed by atoms with van der Waals surface area (Å²) in [4.78, 5) is 0. The Labute approximate surface area is 75.7 Å². The Morgan fingerprint density at radius 3 is 2.25 bits per heavy atom. The zero-order valence-corrected chi connectivity index (χ0v) is 8.61. The smallest absolute Gasteiger partial charge is 0.100 e. The minimum Gasteiger partial charge on any atom is -0.377 e. The van der Waals surface area contributed by atoms with Crippen LogP contribution in [-0.4, -0.2) is 38.6 Å². The van der Waals surface area contributed by atoms with Crippen LogP contribution in [0.4, 0.5) is 0 Å². The number of rotatable bonds is 1. The van der Waals surface area contributed by atoms with Crippen molar-refractivity contribution in [2.45, 2.75) is 31.1 Å². The molecular formula is C8H15NO2S. The van der Waals surface area contributed by atoms with Crippen molar-refractivity contribution in [2.75, 3.05) is 19.8 Å². The van der Waals surface area contributed by atoms with Gasteiger partial charge in [0.05, 0.1) is 23.5 Å². The van der Waals surface area contributed by atoms with Gasteiger partial charge in [-0.25, -0.2) is 8.51 Å². The molecule has 0 bridgehead atoms. The fourth-order valence-electron chi connectivity index (χ4n) is 1.37. The molecule has 0 aliphatic carbocycles. The average molecular weight is 189 g/mol. The molecule has 12 heavy (non-hydrogen) atoms. The summed E-state index contributed by atoms with van der Waals surface area (Å²) in [5.74, 6) is 0. The summed E-state index contributed by atoms with van der Waals surface area (Å²) in [6, 6.07) is 0. The minimum absolute atomic E-state index is 0.126. The van der Waals surface area contributed by atoms with E-state index in [1.165, 1.54) is 0 Å². The molecule has 4 heteroatoms. The van der Waals surface area contributed by atoms with E-state index in [9.17, 15) is 4.21 Å². The Bertz CT molecular complexity index is 230. The van der Waals surface area contributed by atoms with E-state index in [1.807, 2.05) is 20.8 Å². The third-order valence-electron chi connectivity index (χ3n) is 2.33. The lowest BCUT2D eigenvalue weighted by atomic mass is 10.1. The molecule has 2 saturated heterocycles. The van der Waals surface area contributed by atoms with Gasteiger partial charge in [-0.1, -0.05) is 0 Å². The van der Waals surface area contributed by atoms with Gasteiger partial charge in [-0.3, -0.25) is 0 Å². The van der Waals surface area contributed by atoms with Crippen molar-refractivity contribution < 1.29 is 8.95 Å². The van der Waals surface area contributed by atoms with Crippen LogP contribution < -0.4 is 0 Å². The number of hydrogen-bond acceptors (Lipinski definition) is 2. The fraction of sp³-hybridized carbons (Fsp3) is 1.00. The van der Waals surface area contributed by atoms with Crippen molar-refractivity contribution in [1.29, 1.82) is 0 Å². The maximum atomic E-state index is 11.8. The van der Waals surface area contributed by atoms with Crippen LogP contribution >= 0.6 is 0 Å². The molecular weight excluding hydrogens is 174 g/mol. The molecule has 0 N–H and O–H groups in total. The lowest BCUT2D eigenvalue weighted by molar-refractivity contribution is -0.0180. The SMILES string of the molecule is CC(C)(C)[S@](=O)N1CC12COC2. The van der Waals surface area contributed by atoms with Crippen molar-refractivity contribution in [2.24, 2.45) is 0 Å². The molecule has 2 fully saturated rings. The summed E-state index contributed by atoms with van der Waals surface area (Å²) in [6.45, 7) is 8.53. The number of nitrogens with zero attached hydrogens (tertiary/aromatic N) is 1. The number of hydrogen-bond donors (Lipinski definition) is 0. The Morgan fingerprint density at radius 1 is 1.42 bits per heavy atom. The summed E-state index contributed by atoms with van der Waals surface area (Å²) >= 11 is 0. The molecule has 1 unspecified atom stereocenters. The number of ether oxygens (including phenoxy) is 1. The van der Waals surface area contributed by atoms with Gasteiger partial charge in [0, 0.05) is 6.54 Å². The summed E-state index contributed by atoms with van der Waals surface area (Å²) < 4.78 is 18.9. The van der Waals surface area contributed by atoms with E-state index < -0.39 is 11.0 Å². The molecule has 2 aliphatic rings. The molecule has 2 heterocycles. The van der Waals surface area contributed by atoms with E-state index in [0.717, 1.165) is 19.8 Å². The van der Waals surface area contributed by atoms with Gasteiger partial charge in [0.1, 0.15) is 11.0 Å². The second kappa shape index (κ2) is 2.30. The minimum atomic E-state index is -0.843. The maximum Gasteiger partial charge on any atom is 0.100 e. The lowest BCUT2D eigenvalue weighted by Crippen LogP contribution is -2.44. The van der Waals surface area contributed by atoms with Crippen molar-refractivity contribution in [3.05, 3.63) is 0 Å². The third kappa shape index (κ3) is 1.13. The molecule has 2 rings (SSSR count). The van der Waals surface area contributed by atoms with Crippen LogP contribution in [0.5, 0.6) is 0 Å². The van der Waals surface area contributed by atoms with Gasteiger partial charge in [0.25, 0.3) is 0 Å². The summed E-state index contributed by atoms with van der Waals surface area (Å²) in [6.07, 6.45) is 0. The highest BCUT2D eigenvalue weighted by molar-refractivity contribution is 7.84. The zero-order chi connectivity index (χ0) is 8.98. The Balaban J connectivity index is 2.00. The second-order valence-corrected chi connectivity index (χ2v) is 6.78. The molecule has 0 radical (unpaired) electrons. The molecule has 70 valence electrons. The van der Waals surface area contributed by atoms with Crippen molar-refractivity contribution in [3.8, 4) is 0 Å². The Kier molecular flexibility index (Phi) is 1.66. The normalized spacial score (nSPS) is 34.4. The third-order valence-corrected chi connectivity index (χ3v) is 4.29. The van der Waals surface area contributed by atoms with Gasteiger partial charge in [-0.2, -0.15) is 0 Å². The molecule has 2 aliphatic heterocycles. The van der Waals surface area contributed by atoms with Crippen LogP contribution in [0.1, 0.15) is 20.8 Å². The maximum absolute atomic E-state index is 11.8. The van der Waals surface area contributed by atoms with Crippen LogP contribution in [0.25, 0.3) is 0 Å². The predicted octanol–water partition coefficient (Wildman–Crippen LogP) is 0.533. The monoisotopic (exact) mass is 189 g/mol. The first-order valence-corrected chi connectivity index (χ1v) is 5.34. The van der Waals surface area contributed by atoms with Gasteiger partial charge in [0.2, 0.25) is 0 Å². The largest absolute Gasteiger partial charge is 0.377 e. The first-order chi connectivity index (χ1) is 5.46. The van der Waals surface area contributed by atoms with E-state index in [4.69, 9.17) is 4.74 Å². The van der Waals surface area contributed by atoms with Gasteiger partial charge < -0.3 is 4.74 Å².